The predicted molar refractivity (Wildman–Crippen MR) is 95.7 cm³/mol. The minimum atomic E-state index is -0.138. The lowest BCUT2D eigenvalue weighted by molar-refractivity contribution is 0.0952. The van der Waals surface area contributed by atoms with E-state index in [0.717, 1.165) is 15.6 Å². The molecule has 0 unspecified atom stereocenters. The van der Waals surface area contributed by atoms with Crippen molar-refractivity contribution in [3.63, 3.8) is 0 Å². The van der Waals surface area contributed by atoms with Crippen molar-refractivity contribution in [3.8, 4) is 5.75 Å². The summed E-state index contributed by atoms with van der Waals surface area (Å²) in [4.78, 5) is 13.1. The van der Waals surface area contributed by atoms with E-state index in [2.05, 4.69) is 11.4 Å². The van der Waals surface area contributed by atoms with Crippen molar-refractivity contribution in [1.82, 2.24) is 5.32 Å². The Kier molecular flexibility index (Phi) is 4.55. The molecule has 0 fully saturated rings. The molecule has 118 valence electrons. The third-order valence-electron chi connectivity index (χ3n) is 3.55. The third-order valence-corrected chi connectivity index (χ3v) is 4.92. The van der Waals surface area contributed by atoms with Gasteiger partial charge in [0, 0.05) is 21.7 Å². The fourth-order valence-corrected chi connectivity index (χ4v) is 3.85. The maximum absolute atomic E-state index is 12.5. The van der Waals surface area contributed by atoms with Crippen molar-refractivity contribution in [1.29, 1.82) is 0 Å². The number of methoxy groups -OCH3 is 1. The van der Waals surface area contributed by atoms with Gasteiger partial charge in [-0.25, -0.2) is 0 Å². The quantitative estimate of drug-likeness (QED) is 0.737. The van der Waals surface area contributed by atoms with E-state index in [1.54, 1.807) is 13.2 Å². The highest BCUT2D eigenvalue weighted by molar-refractivity contribution is 7.21. The number of rotatable bonds is 4. The zero-order valence-corrected chi connectivity index (χ0v) is 14.4. The van der Waals surface area contributed by atoms with Crippen LogP contribution in [0.5, 0.6) is 5.75 Å². The van der Waals surface area contributed by atoms with Gasteiger partial charge in [0.05, 0.1) is 7.11 Å². The van der Waals surface area contributed by atoms with Crippen LogP contribution < -0.4 is 10.1 Å². The van der Waals surface area contributed by atoms with Crippen LogP contribution in [0.3, 0.4) is 0 Å². The van der Waals surface area contributed by atoms with Crippen molar-refractivity contribution < 1.29 is 9.53 Å². The molecule has 3 nitrogen and oxygen atoms in total. The highest BCUT2D eigenvalue weighted by Crippen LogP contribution is 2.38. The molecule has 0 saturated carbocycles. The van der Waals surface area contributed by atoms with Crippen LogP contribution >= 0.6 is 22.9 Å². The van der Waals surface area contributed by atoms with Crippen molar-refractivity contribution in [3.05, 3.63) is 63.5 Å². The molecule has 0 saturated heterocycles. The van der Waals surface area contributed by atoms with E-state index in [0.29, 0.717) is 22.2 Å². The topological polar surface area (TPSA) is 38.3 Å². The van der Waals surface area contributed by atoms with E-state index >= 15 is 0 Å². The van der Waals surface area contributed by atoms with Crippen molar-refractivity contribution in [2.45, 2.75) is 13.5 Å². The van der Waals surface area contributed by atoms with Gasteiger partial charge in [-0.15, -0.1) is 11.3 Å². The Labute approximate surface area is 143 Å². The van der Waals surface area contributed by atoms with Crippen LogP contribution in [0.2, 0.25) is 5.02 Å². The summed E-state index contributed by atoms with van der Waals surface area (Å²) < 4.78 is 6.38. The number of benzene rings is 2. The smallest absolute Gasteiger partial charge is 0.265 e. The van der Waals surface area contributed by atoms with E-state index in [9.17, 15) is 4.79 Å². The van der Waals surface area contributed by atoms with Gasteiger partial charge in [-0.2, -0.15) is 0 Å². The number of halogens is 1. The zero-order chi connectivity index (χ0) is 16.4. The molecule has 3 rings (SSSR count). The number of ether oxygens (including phenoxy) is 1. The molecule has 2 aromatic carbocycles. The molecule has 1 heterocycles. The Hall–Kier alpha value is -2.04. The van der Waals surface area contributed by atoms with Crippen LogP contribution in [0.4, 0.5) is 0 Å². The Morgan fingerprint density at radius 2 is 2.09 bits per heavy atom. The molecular weight excluding hydrogens is 330 g/mol. The maximum Gasteiger partial charge on any atom is 0.265 e. The number of carbonyl (C=O) groups excluding carboxylic acids is 1. The first-order valence-corrected chi connectivity index (χ1v) is 8.37. The van der Waals surface area contributed by atoms with E-state index in [1.807, 2.05) is 37.3 Å². The van der Waals surface area contributed by atoms with Gasteiger partial charge in [-0.3, -0.25) is 4.79 Å². The van der Waals surface area contributed by atoms with Gasteiger partial charge < -0.3 is 10.1 Å². The van der Waals surface area contributed by atoms with E-state index < -0.39 is 0 Å². The molecule has 1 amide bonds. The second kappa shape index (κ2) is 6.60. The molecule has 0 aliphatic rings. The average Bonchev–Trinajstić information content (AvgIpc) is 2.90. The van der Waals surface area contributed by atoms with Crippen LogP contribution in [0.1, 0.15) is 20.8 Å². The van der Waals surface area contributed by atoms with Crippen molar-refractivity contribution in [2.24, 2.45) is 0 Å². The summed E-state index contributed by atoms with van der Waals surface area (Å²) in [5, 5.41) is 4.50. The Bertz CT molecular complexity index is 873. The van der Waals surface area contributed by atoms with Crippen LogP contribution in [0.25, 0.3) is 10.1 Å². The molecule has 5 heteroatoms. The SMILES string of the molecule is COc1c(C(=O)NCc2cccc(C)c2)sc2cc(Cl)ccc12. The summed E-state index contributed by atoms with van der Waals surface area (Å²) in [6.45, 7) is 2.52. The summed E-state index contributed by atoms with van der Waals surface area (Å²) in [6.07, 6.45) is 0. The molecule has 0 atom stereocenters. The lowest BCUT2D eigenvalue weighted by Crippen LogP contribution is -2.22. The minimum Gasteiger partial charge on any atom is -0.494 e. The number of aryl methyl sites for hydroxylation is 1. The summed E-state index contributed by atoms with van der Waals surface area (Å²) in [5.74, 6) is 0.462. The fraction of sp³-hybridized carbons (Fsp3) is 0.167. The standard InChI is InChI=1S/C18H16ClNO2S/c1-11-4-3-5-12(8-11)10-20-18(21)17-16(22-2)14-7-6-13(19)9-15(14)23-17/h3-9H,10H2,1-2H3,(H,20,21). The van der Waals surface area contributed by atoms with Gasteiger partial charge in [0.2, 0.25) is 0 Å². The molecule has 0 aliphatic heterocycles. The summed E-state index contributed by atoms with van der Waals surface area (Å²) in [6, 6.07) is 13.6. The fourth-order valence-electron chi connectivity index (χ4n) is 2.48. The third kappa shape index (κ3) is 3.33. The number of carbonyl (C=O) groups is 1. The first kappa shape index (κ1) is 15.8. The van der Waals surface area contributed by atoms with Crippen molar-refractivity contribution >= 4 is 38.9 Å². The van der Waals surface area contributed by atoms with Crippen LogP contribution in [0.15, 0.2) is 42.5 Å². The van der Waals surface area contributed by atoms with Gasteiger partial charge in [0.1, 0.15) is 10.6 Å². The number of thiophene rings is 1. The minimum absolute atomic E-state index is 0.138. The summed E-state index contributed by atoms with van der Waals surface area (Å²) in [7, 11) is 1.58. The number of amides is 1. The van der Waals surface area contributed by atoms with Gasteiger partial charge in [-0.1, -0.05) is 41.4 Å². The molecule has 23 heavy (non-hydrogen) atoms. The normalized spacial score (nSPS) is 10.7. The van der Waals surface area contributed by atoms with Crippen molar-refractivity contribution in [2.75, 3.05) is 7.11 Å². The van der Waals surface area contributed by atoms with Crippen LogP contribution in [0, 0.1) is 6.92 Å². The van der Waals surface area contributed by atoms with Gasteiger partial charge >= 0.3 is 0 Å². The molecule has 1 N–H and O–H groups in total. The lowest BCUT2D eigenvalue weighted by Gasteiger charge is -2.06. The average molecular weight is 346 g/mol. The first-order chi connectivity index (χ1) is 11.1. The molecule has 0 bridgehead atoms. The van der Waals surface area contributed by atoms with Gasteiger partial charge in [-0.05, 0) is 30.7 Å². The highest BCUT2D eigenvalue weighted by Gasteiger charge is 2.19. The Morgan fingerprint density at radius 1 is 1.26 bits per heavy atom. The molecule has 3 aromatic rings. The molecule has 1 aromatic heterocycles. The zero-order valence-electron chi connectivity index (χ0n) is 12.9. The number of fused-ring (bicyclic) bond motifs is 1. The molecule has 0 aliphatic carbocycles. The second-order valence-corrected chi connectivity index (χ2v) is 6.77. The summed E-state index contributed by atoms with van der Waals surface area (Å²) in [5.41, 5.74) is 2.24. The monoisotopic (exact) mass is 345 g/mol. The van der Waals surface area contributed by atoms with Gasteiger partial charge in [0.25, 0.3) is 5.91 Å². The maximum atomic E-state index is 12.5. The molecule has 0 spiro atoms. The predicted octanol–water partition coefficient (Wildman–Crippen LogP) is 4.80. The van der Waals surface area contributed by atoms with Crippen LogP contribution in [-0.4, -0.2) is 13.0 Å². The number of nitrogens with one attached hydrogen (secondary N) is 1. The largest absolute Gasteiger partial charge is 0.494 e. The highest BCUT2D eigenvalue weighted by atomic mass is 35.5. The Balaban J connectivity index is 1.85. The molecule has 0 radical (unpaired) electrons. The first-order valence-electron chi connectivity index (χ1n) is 7.18. The Morgan fingerprint density at radius 3 is 2.83 bits per heavy atom. The lowest BCUT2D eigenvalue weighted by atomic mass is 10.1. The number of hydrogen-bond donors (Lipinski definition) is 1. The van der Waals surface area contributed by atoms with E-state index in [-0.39, 0.29) is 5.91 Å². The summed E-state index contributed by atoms with van der Waals surface area (Å²) >= 11 is 7.41. The number of hydrogen-bond acceptors (Lipinski definition) is 3. The van der Waals surface area contributed by atoms with E-state index in [1.165, 1.54) is 16.9 Å². The van der Waals surface area contributed by atoms with Gasteiger partial charge in [0.15, 0.2) is 0 Å². The second-order valence-electron chi connectivity index (χ2n) is 5.28. The molecular formula is C18H16ClNO2S. The van der Waals surface area contributed by atoms with Crippen LogP contribution in [-0.2, 0) is 6.54 Å². The van der Waals surface area contributed by atoms with E-state index in [4.69, 9.17) is 16.3 Å².